The van der Waals surface area contributed by atoms with Crippen molar-refractivity contribution in [1.29, 1.82) is 0 Å². The lowest BCUT2D eigenvalue weighted by molar-refractivity contribution is -0.146. The van der Waals surface area contributed by atoms with E-state index in [-0.39, 0.29) is 18.0 Å². The lowest BCUT2D eigenvalue weighted by Gasteiger charge is -2.36. The highest BCUT2D eigenvalue weighted by molar-refractivity contribution is 5.72. The van der Waals surface area contributed by atoms with E-state index in [4.69, 9.17) is 9.84 Å². The van der Waals surface area contributed by atoms with Gasteiger partial charge >= 0.3 is 5.97 Å². The van der Waals surface area contributed by atoms with Gasteiger partial charge in [0.15, 0.2) is 0 Å². The molecule has 0 spiro atoms. The van der Waals surface area contributed by atoms with E-state index in [1.807, 2.05) is 0 Å². The van der Waals surface area contributed by atoms with Crippen LogP contribution in [0.3, 0.4) is 0 Å². The van der Waals surface area contributed by atoms with Crippen LogP contribution in [-0.4, -0.2) is 36.9 Å². The van der Waals surface area contributed by atoms with Crippen molar-refractivity contribution >= 4 is 5.97 Å². The zero-order chi connectivity index (χ0) is 10.6. The van der Waals surface area contributed by atoms with E-state index in [9.17, 15) is 4.79 Å². The van der Waals surface area contributed by atoms with Gasteiger partial charge in [0, 0.05) is 19.2 Å². The van der Waals surface area contributed by atoms with E-state index in [0.29, 0.717) is 6.61 Å². The minimum atomic E-state index is -0.680. The Morgan fingerprint density at radius 3 is 2.71 bits per heavy atom. The van der Waals surface area contributed by atoms with Crippen LogP contribution in [0.1, 0.15) is 26.2 Å². The molecule has 0 bridgehead atoms. The molecule has 4 nitrogen and oxygen atoms in total. The Balaban J connectivity index is 2.32. The largest absolute Gasteiger partial charge is 0.481 e. The molecule has 14 heavy (non-hydrogen) atoms. The van der Waals surface area contributed by atoms with Crippen molar-refractivity contribution in [3.8, 4) is 0 Å². The Morgan fingerprint density at radius 1 is 1.64 bits per heavy atom. The van der Waals surface area contributed by atoms with Crippen LogP contribution in [-0.2, 0) is 9.53 Å². The van der Waals surface area contributed by atoms with Gasteiger partial charge in [0.2, 0.25) is 0 Å². The number of rotatable bonds is 6. The molecule has 0 amide bonds. The maximum Gasteiger partial charge on any atom is 0.308 e. The standard InChI is InChI=1S/C10H19NO3/c1-3-7(6-14-2)11-9-5-4-8(9)10(12)13/h7-9,11H,3-6H2,1-2H3,(H,12,13). The fourth-order valence-electron chi connectivity index (χ4n) is 1.78. The predicted molar refractivity (Wildman–Crippen MR) is 53.2 cm³/mol. The third-order valence-corrected chi connectivity index (χ3v) is 2.90. The SMILES string of the molecule is CCC(COC)NC1CCC1C(=O)O. The minimum Gasteiger partial charge on any atom is -0.481 e. The maximum absolute atomic E-state index is 10.7. The summed E-state index contributed by atoms with van der Waals surface area (Å²) in [5, 5.41) is 12.2. The summed E-state index contributed by atoms with van der Waals surface area (Å²) in [6.07, 6.45) is 2.74. The van der Waals surface area contributed by atoms with Crippen molar-refractivity contribution in [3.05, 3.63) is 0 Å². The number of carboxylic acid groups (broad SMARTS) is 1. The molecule has 1 rings (SSSR count). The molecule has 82 valence electrons. The predicted octanol–water partition coefficient (Wildman–Crippen LogP) is 0.864. The first-order valence-corrected chi connectivity index (χ1v) is 5.16. The maximum atomic E-state index is 10.7. The van der Waals surface area contributed by atoms with E-state index in [1.54, 1.807) is 7.11 Å². The van der Waals surface area contributed by atoms with E-state index in [1.165, 1.54) is 0 Å². The molecule has 0 saturated heterocycles. The van der Waals surface area contributed by atoms with Gasteiger partial charge < -0.3 is 15.2 Å². The number of aliphatic carboxylic acids is 1. The highest BCUT2D eigenvalue weighted by atomic mass is 16.5. The summed E-state index contributed by atoms with van der Waals surface area (Å²) in [5.41, 5.74) is 0. The van der Waals surface area contributed by atoms with Gasteiger partial charge in [-0.15, -0.1) is 0 Å². The summed E-state index contributed by atoms with van der Waals surface area (Å²) in [6, 6.07) is 0.430. The van der Waals surface area contributed by atoms with E-state index in [0.717, 1.165) is 19.3 Å². The van der Waals surface area contributed by atoms with Crippen molar-refractivity contribution in [2.45, 2.75) is 38.3 Å². The molecular weight excluding hydrogens is 182 g/mol. The number of hydrogen-bond acceptors (Lipinski definition) is 3. The van der Waals surface area contributed by atoms with Crippen LogP contribution in [0.15, 0.2) is 0 Å². The first-order valence-electron chi connectivity index (χ1n) is 5.16. The van der Waals surface area contributed by atoms with E-state index < -0.39 is 5.97 Å². The van der Waals surface area contributed by atoms with Crippen molar-refractivity contribution in [2.75, 3.05) is 13.7 Å². The van der Waals surface area contributed by atoms with Crippen LogP contribution >= 0.6 is 0 Å². The molecule has 0 heterocycles. The second-order valence-electron chi connectivity index (χ2n) is 3.86. The molecule has 4 heteroatoms. The molecule has 0 aromatic rings. The van der Waals surface area contributed by atoms with Crippen LogP contribution in [0.5, 0.6) is 0 Å². The average Bonchev–Trinajstić information content (AvgIpc) is 2.09. The number of carbonyl (C=O) groups is 1. The van der Waals surface area contributed by atoms with Gasteiger partial charge in [0.1, 0.15) is 0 Å². The normalized spacial score (nSPS) is 28.1. The molecule has 0 aliphatic heterocycles. The molecular formula is C10H19NO3. The lowest BCUT2D eigenvalue weighted by atomic mass is 9.79. The Hall–Kier alpha value is -0.610. The Morgan fingerprint density at radius 2 is 2.36 bits per heavy atom. The molecule has 3 unspecified atom stereocenters. The minimum absolute atomic E-state index is 0.146. The van der Waals surface area contributed by atoms with E-state index >= 15 is 0 Å². The number of ether oxygens (including phenoxy) is 1. The second-order valence-corrected chi connectivity index (χ2v) is 3.86. The molecule has 0 aromatic heterocycles. The second kappa shape index (κ2) is 5.32. The summed E-state index contributed by atoms with van der Waals surface area (Å²) in [4.78, 5) is 10.7. The molecule has 2 N–H and O–H groups in total. The fourth-order valence-corrected chi connectivity index (χ4v) is 1.78. The molecule has 3 atom stereocenters. The van der Waals surface area contributed by atoms with Crippen LogP contribution in [0.4, 0.5) is 0 Å². The molecule has 0 aromatic carbocycles. The molecule has 1 fully saturated rings. The highest BCUT2D eigenvalue weighted by Crippen LogP contribution is 2.28. The number of nitrogens with one attached hydrogen (secondary N) is 1. The Labute approximate surface area is 84.6 Å². The summed E-state index contributed by atoms with van der Waals surface area (Å²) in [5.74, 6) is -0.873. The Bertz CT molecular complexity index is 196. The number of carboxylic acids is 1. The molecule has 1 aliphatic rings. The van der Waals surface area contributed by atoms with Gasteiger partial charge in [-0.25, -0.2) is 0 Å². The van der Waals surface area contributed by atoms with Crippen LogP contribution in [0.2, 0.25) is 0 Å². The van der Waals surface area contributed by atoms with E-state index in [2.05, 4.69) is 12.2 Å². The first kappa shape index (κ1) is 11.5. The summed E-state index contributed by atoms with van der Waals surface area (Å²) in [7, 11) is 1.67. The molecule has 0 radical (unpaired) electrons. The zero-order valence-electron chi connectivity index (χ0n) is 8.82. The number of hydrogen-bond donors (Lipinski definition) is 2. The molecule has 1 saturated carbocycles. The van der Waals surface area contributed by atoms with Gasteiger partial charge in [-0.2, -0.15) is 0 Å². The lowest BCUT2D eigenvalue weighted by Crippen LogP contribution is -2.52. The highest BCUT2D eigenvalue weighted by Gasteiger charge is 2.37. The van der Waals surface area contributed by atoms with Crippen LogP contribution < -0.4 is 5.32 Å². The smallest absolute Gasteiger partial charge is 0.308 e. The van der Waals surface area contributed by atoms with Crippen LogP contribution in [0, 0.1) is 5.92 Å². The van der Waals surface area contributed by atoms with Gasteiger partial charge in [-0.1, -0.05) is 6.92 Å². The Kier molecular flexibility index (Phi) is 4.35. The summed E-state index contributed by atoms with van der Waals surface area (Å²) < 4.78 is 5.05. The van der Waals surface area contributed by atoms with Crippen molar-refractivity contribution < 1.29 is 14.6 Å². The van der Waals surface area contributed by atoms with Gasteiger partial charge in [0.05, 0.1) is 12.5 Å². The van der Waals surface area contributed by atoms with Gasteiger partial charge in [0.25, 0.3) is 0 Å². The topological polar surface area (TPSA) is 58.6 Å². The monoisotopic (exact) mass is 201 g/mol. The third-order valence-electron chi connectivity index (χ3n) is 2.90. The summed E-state index contributed by atoms with van der Waals surface area (Å²) in [6.45, 7) is 2.73. The molecule has 1 aliphatic carbocycles. The van der Waals surface area contributed by atoms with Gasteiger partial charge in [-0.05, 0) is 19.3 Å². The average molecular weight is 201 g/mol. The van der Waals surface area contributed by atoms with Gasteiger partial charge in [-0.3, -0.25) is 4.79 Å². The summed E-state index contributed by atoms with van der Waals surface area (Å²) >= 11 is 0. The zero-order valence-corrected chi connectivity index (χ0v) is 8.82. The third kappa shape index (κ3) is 2.69. The van der Waals surface area contributed by atoms with Crippen molar-refractivity contribution in [1.82, 2.24) is 5.32 Å². The fraction of sp³-hybridized carbons (Fsp3) is 0.900. The first-order chi connectivity index (χ1) is 6.69. The van der Waals surface area contributed by atoms with Crippen molar-refractivity contribution in [2.24, 2.45) is 5.92 Å². The van der Waals surface area contributed by atoms with Crippen molar-refractivity contribution in [3.63, 3.8) is 0 Å². The van der Waals surface area contributed by atoms with Crippen LogP contribution in [0.25, 0.3) is 0 Å². The number of methoxy groups -OCH3 is 1. The quantitative estimate of drug-likeness (QED) is 0.669.